The Kier molecular flexibility index (Phi) is 3.32. The maximum Gasteiger partial charge on any atom is 0.337 e. The fraction of sp³-hybridized carbons (Fsp3) is 0.562. The van der Waals surface area contributed by atoms with E-state index in [0.29, 0.717) is 11.0 Å². The summed E-state index contributed by atoms with van der Waals surface area (Å²) < 4.78 is 0. The summed E-state index contributed by atoms with van der Waals surface area (Å²) in [6.07, 6.45) is 6.38. The Morgan fingerprint density at radius 3 is 2.75 bits per heavy atom. The Morgan fingerprint density at radius 2 is 2.05 bits per heavy atom. The van der Waals surface area contributed by atoms with Crippen LogP contribution in [0.3, 0.4) is 0 Å². The number of nitrogens with zero attached hydrogens (tertiary/aromatic N) is 1. The predicted molar refractivity (Wildman–Crippen MR) is 80.7 cm³/mol. The standard InChI is InChI=1S/C16H22N2O2/c1-18-11-16(8-3-2-4-9-16)10-17-13-7-5-6-12(14(13)18)15(19)20/h5-7,17H,2-4,8-11H2,1H3,(H,19,20). The normalized spacial score (nSPS) is 20.9. The lowest BCUT2D eigenvalue weighted by Crippen LogP contribution is -2.40. The van der Waals surface area contributed by atoms with Crippen LogP contribution in [0.5, 0.6) is 0 Å². The molecule has 1 aromatic carbocycles. The zero-order chi connectivity index (χ0) is 14.2. The van der Waals surface area contributed by atoms with Crippen LogP contribution in [0.2, 0.25) is 0 Å². The highest BCUT2D eigenvalue weighted by Crippen LogP contribution is 2.42. The molecule has 20 heavy (non-hydrogen) atoms. The van der Waals surface area contributed by atoms with Gasteiger partial charge >= 0.3 is 5.97 Å². The third-order valence-corrected chi connectivity index (χ3v) is 4.79. The second kappa shape index (κ2) is 5.00. The Morgan fingerprint density at radius 1 is 1.30 bits per heavy atom. The molecule has 1 aliphatic carbocycles. The van der Waals surface area contributed by atoms with Gasteiger partial charge in [0.15, 0.2) is 0 Å². The third-order valence-electron chi connectivity index (χ3n) is 4.79. The molecule has 4 nitrogen and oxygen atoms in total. The molecular formula is C16H22N2O2. The fourth-order valence-electron chi connectivity index (χ4n) is 3.83. The number of nitrogens with one attached hydrogen (secondary N) is 1. The SMILES string of the molecule is CN1CC2(CCCCC2)CNc2cccc(C(=O)O)c21. The van der Waals surface area contributed by atoms with Crippen LogP contribution in [-0.2, 0) is 0 Å². The molecule has 1 fully saturated rings. The van der Waals surface area contributed by atoms with E-state index in [4.69, 9.17) is 0 Å². The maximum atomic E-state index is 11.4. The van der Waals surface area contributed by atoms with Gasteiger partial charge in [-0.05, 0) is 25.0 Å². The van der Waals surface area contributed by atoms with Crippen molar-refractivity contribution in [1.82, 2.24) is 0 Å². The van der Waals surface area contributed by atoms with Crippen molar-refractivity contribution in [2.45, 2.75) is 32.1 Å². The molecule has 2 aliphatic rings. The Hall–Kier alpha value is -1.71. The van der Waals surface area contributed by atoms with Crippen LogP contribution in [0, 0.1) is 5.41 Å². The zero-order valence-electron chi connectivity index (χ0n) is 12.0. The topological polar surface area (TPSA) is 52.6 Å². The second-order valence-corrected chi connectivity index (χ2v) is 6.28. The molecule has 1 heterocycles. The Bertz CT molecular complexity index is 521. The third kappa shape index (κ3) is 2.23. The van der Waals surface area contributed by atoms with Crippen molar-refractivity contribution >= 4 is 17.3 Å². The van der Waals surface area contributed by atoms with E-state index in [1.807, 2.05) is 19.2 Å². The van der Waals surface area contributed by atoms with E-state index in [1.165, 1.54) is 32.1 Å². The van der Waals surface area contributed by atoms with Gasteiger partial charge in [-0.15, -0.1) is 0 Å². The van der Waals surface area contributed by atoms with Crippen LogP contribution in [0.4, 0.5) is 11.4 Å². The average Bonchev–Trinajstić information content (AvgIpc) is 2.57. The van der Waals surface area contributed by atoms with E-state index in [2.05, 4.69) is 10.2 Å². The van der Waals surface area contributed by atoms with Gasteiger partial charge in [0.05, 0.1) is 16.9 Å². The summed E-state index contributed by atoms with van der Waals surface area (Å²) in [7, 11) is 2.02. The van der Waals surface area contributed by atoms with Gasteiger partial charge < -0.3 is 15.3 Å². The number of carbonyl (C=O) groups is 1. The molecule has 1 aliphatic heterocycles. The molecule has 1 aromatic rings. The summed E-state index contributed by atoms with van der Waals surface area (Å²) in [4.78, 5) is 13.6. The van der Waals surface area contributed by atoms with E-state index in [-0.39, 0.29) is 0 Å². The molecule has 0 bridgehead atoms. The maximum absolute atomic E-state index is 11.4. The first-order valence-electron chi connectivity index (χ1n) is 7.43. The number of rotatable bonds is 1. The number of carboxylic acids is 1. The number of aromatic carboxylic acids is 1. The van der Waals surface area contributed by atoms with Crippen LogP contribution >= 0.6 is 0 Å². The lowest BCUT2D eigenvalue weighted by Gasteiger charge is -2.38. The second-order valence-electron chi connectivity index (χ2n) is 6.28. The summed E-state index contributed by atoms with van der Waals surface area (Å²) in [6, 6.07) is 5.50. The number of carboxylic acid groups (broad SMARTS) is 1. The highest BCUT2D eigenvalue weighted by atomic mass is 16.4. The summed E-state index contributed by atoms with van der Waals surface area (Å²) in [5.74, 6) is -0.852. The number of benzene rings is 1. The van der Waals surface area contributed by atoms with Gasteiger partial charge in [-0.2, -0.15) is 0 Å². The molecule has 4 heteroatoms. The summed E-state index contributed by atoms with van der Waals surface area (Å²) >= 11 is 0. The molecule has 0 amide bonds. The number of para-hydroxylation sites is 1. The van der Waals surface area contributed by atoms with E-state index in [9.17, 15) is 9.90 Å². The van der Waals surface area contributed by atoms with Crippen molar-refractivity contribution in [2.24, 2.45) is 5.41 Å². The smallest absolute Gasteiger partial charge is 0.337 e. The van der Waals surface area contributed by atoms with Gasteiger partial charge in [-0.25, -0.2) is 4.79 Å². The van der Waals surface area contributed by atoms with Gasteiger partial charge in [0.2, 0.25) is 0 Å². The molecular weight excluding hydrogens is 252 g/mol. The van der Waals surface area contributed by atoms with E-state index in [0.717, 1.165) is 24.5 Å². The highest BCUT2D eigenvalue weighted by molar-refractivity contribution is 5.98. The molecule has 0 unspecified atom stereocenters. The quantitative estimate of drug-likeness (QED) is 0.825. The van der Waals surface area contributed by atoms with E-state index in [1.54, 1.807) is 6.07 Å². The monoisotopic (exact) mass is 274 g/mol. The lowest BCUT2D eigenvalue weighted by molar-refractivity contribution is 0.0697. The predicted octanol–water partition coefficient (Wildman–Crippen LogP) is 3.20. The van der Waals surface area contributed by atoms with Crippen molar-refractivity contribution in [1.29, 1.82) is 0 Å². The number of hydrogen-bond donors (Lipinski definition) is 2. The molecule has 0 radical (unpaired) electrons. The molecule has 1 saturated carbocycles. The van der Waals surface area contributed by atoms with Crippen molar-refractivity contribution in [2.75, 3.05) is 30.4 Å². The average molecular weight is 274 g/mol. The first-order chi connectivity index (χ1) is 9.61. The molecule has 2 N–H and O–H groups in total. The van der Waals surface area contributed by atoms with Crippen molar-refractivity contribution in [3.63, 3.8) is 0 Å². The van der Waals surface area contributed by atoms with Gasteiger partial charge in [-0.1, -0.05) is 25.3 Å². The summed E-state index contributed by atoms with van der Waals surface area (Å²) in [5, 5.41) is 12.9. The first-order valence-corrected chi connectivity index (χ1v) is 7.43. The number of anilines is 2. The van der Waals surface area contributed by atoms with Crippen LogP contribution in [-0.4, -0.2) is 31.2 Å². The fourth-order valence-corrected chi connectivity index (χ4v) is 3.83. The minimum Gasteiger partial charge on any atom is -0.478 e. The highest BCUT2D eigenvalue weighted by Gasteiger charge is 2.36. The first kappa shape index (κ1) is 13.3. The van der Waals surface area contributed by atoms with Gasteiger partial charge in [-0.3, -0.25) is 0 Å². The number of fused-ring (bicyclic) bond motifs is 1. The molecule has 108 valence electrons. The van der Waals surface area contributed by atoms with Crippen molar-refractivity contribution in [3.8, 4) is 0 Å². The van der Waals surface area contributed by atoms with Crippen LogP contribution < -0.4 is 10.2 Å². The van der Waals surface area contributed by atoms with Crippen molar-refractivity contribution < 1.29 is 9.90 Å². The minimum absolute atomic E-state index is 0.293. The van der Waals surface area contributed by atoms with Crippen LogP contribution in [0.1, 0.15) is 42.5 Å². The number of hydrogen-bond acceptors (Lipinski definition) is 3. The Labute approximate surface area is 119 Å². The molecule has 0 aromatic heterocycles. The van der Waals surface area contributed by atoms with E-state index >= 15 is 0 Å². The molecule has 0 saturated heterocycles. The molecule has 1 spiro atoms. The van der Waals surface area contributed by atoms with E-state index < -0.39 is 5.97 Å². The van der Waals surface area contributed by atoms with Gasteiger partial charge in [0.25, 0.3) is 0 Å². The zero-order valence-corrected chi connectivity index (χ0v) is 12.0. The van der Waals surface area contributed by atoms with Crippen LogP contribution in [0.15, 0.2) is 18.2 Å². The minimum atomic E-state index is -0.852. The Balaban J connectivity index is 1.97. The molecule has 3 rings (SSSR count). The lowest BCUT2D eigenvalue weighted by atomic mass is 9.73. The largest absolute Gasteiger partial charge is 0.478 e. The summed E-state index contributed by atoms with van der Waals surface area (Å²) in [5.41, 5.74) is 2.48. The van der Waals surface area contributed by atoms with Gasteiger partial charge in [0.1, 0.15) is 0 Å². The van der Waals surface area contributed by atoms with Crippen LogP contribution in [0.25, 0.3) is 0 Å². The molecule has 0 atom stereocenters. The van der Waals surface area contributed by atoms with Crippen molar-refractivity contribution in [3.05, 3.63) is 23.8 Å². The summed E-state index contributed by atoms with van der Waals surface area (Å²) in [6.45, 7) is 1.89. The van der Waals surface area contributed by atoms with Gasteiger partial charge in [0, 0.05) is 25.6 Å².